The van der Waals surface area contributed by atoms with E-state index in [2.05, 4.69) is 10.3 Å². The molecule has 0 aliphatic heterocycles. The van der Waals surface area contributed by atoms with Crippen LogP contribution < -0.4 is 10.1 Å². The van der Waals surface area contributed by atoms with Gasteiger partial charge in [0.15, 0.2) is 0 Å². The maximum absolute atomic E-state index is 11.8. The molecule has 0 radical (unpaired) electrons. The summed E-state index contributed by atoms with van der Waals surface area (Å²) in [5.41, 5.74) is 0. The van der Waals surface area contributed by atoms with E-state index in [-0.39, 0.29) is 17.9 Å². The molecule has 0 saturated heterocycles. The summed E-state index contributed by atoms with van der Waals surface area (Å²) in [6.07, 6.45) is 4.42. The standard InChI is InChI=1S/C19H24N2O3/c1-3-16(22)17(4-2)24-15-8-7-13-10-18(20-11-14(13)9-15)21-19(23)12-5-6-12/h7-12,16-17,22H,3-6H2,1-2H3,(H,20,21,23). The van der Waals surface area contributed by atoms with Crippen LogP contribution in [0.2, 0.25) is 0 Å². The van der Waals surface area contributed by atoms with Gasteiger partial charge in [-0.15, -0.1) is 0 Å². The van der Waals surface area contributed by atoms with Gasteiger partial charge in [0.25, 0.3) is 0 Å². The molecule has 2 aromatic rings. The Morgan fingerprint density at radius 3 is 2.75 bits per heavy atom. The first-order chi connectivity index (χ1) is 11.6. The zero-order chi connectivity index (χ0) is 17.1. The number of nitrogens with zero attached hydrogens (tertiary/aromatic N) is 1. The van der Waals surface area contributed by atoms with Gasteiger partial charge in [0.2, 0.25) is 5.91 Å². The minimum Gasteiger partial charge on any atom is -0.488 e. The Morgan fingerprint density at radius 1 is 1.29 bits per heavy atom. The van der Waals surface area contributed by atoms with Crippen molar-refractivity contribution in [2.75, 3.05) is 5.32 Å². The molecule has 2 atom stereocenters. The molecular weight excluding hydrogens is 304 g/mol. The summed E-state index contributed by atoms with van der Waals surface area (Å²) in [6.45, 7) is 3.94. The fourth-order valence-corrected chi connectivity index (χ4v) is 2.71. The second-order valence-electron chi connectivity index (χ2n) is 6.38. The van der Waals surface area contributed by atoms with Gasteiger partial charge in [-0.05, 0) is 49.3 Å². The summed E-state index contributed by atoms with van der Waals surface area (Å²) in [5, 5.41) is 14.8. The molecule has 5 nitrogen and oxygen atoms in total. The Hall–Kier alpha value is -2.14. The Kier molecular flexibility index (Phi) is 5.00. The Balaban J connectivity index is 1.75. The quantitative estimate of drug-likeness (QED) is 0.816. The van der Waals surface area contributed by atoms with Gasteiger partial charge < -0.3 is 15.2 Å². The molecule has 1 aromatic heterocycles. The molecule has 1 aliphatic rings. The van der Waals surface area contributed by atoms with E-state index in [0.717, 1.165) is 35.8 Å². The molecule has 5 heteroatoms. The number of carbonyl (C=O) groups excluding carboxylic acids is 1. The number of amides is 1. The normalized spacial score (nSPS) is 16.6. The summed E-state index contributed by atoms with van der Waals surface area (Å²) in [4.78, 5) is 16.1. The summed E-state index contributed by atoms with van der Waals surface area (Å²) >= 11 is 0. The highest BCUT2D eigenvalue weighted by atomic mass is 16.5. The van der Waals surface area contributed by atoms with Crippen LogP contribution in [0.3, 0.4) is 0 Å². The monoisotopic (exact) mass is 328 g/mol. The van der Waals surface area contributed by atoms with Gasteiger partial charge in [-0.3, -0.25) is 4.79 Å². The highest BCUT2D eigenvalue weighted by Crippen LogP contribution is 2.30. The van der Waals surface area contributed by atoms with E-state index < -0.39 is 6.10 Å². The van der Waals surface area contributed by atoms with Gasteiger partial charge >= 0.3 is 0 Å². The second kappa shape index (κ2) is 7.18. The van der Waals surface area contributed by atoms with Crippen molar-refractivity contribution >= 4 is 22.5 Å². The molecule has 2 N–H and O–H groups in total. The Bertz CT molecular complexity index is 728. The Labute approximate surface area is 142 Å². The van der Waals surface area contributed by atoms with Crippen LogP contribution in [0.5, 0.6) is 5.75 Å². The van der Waals surface area contributed by atoms with Crippen LogP contribution in [-0.4, -0.2) is 28.2 Å². The van der Waals surface area contributed by atoms with E-state index in [0.29, 0.717) is 12.2 Å². The SMILES string of the molecule is CCC(O)C(CC)Oc1ccc2cc(NC(=O)C3CC3)ncc2c1. The summed E-state index contributed by atoms with van der Waals surface area (Å²) in [5.74, 6) is 1.52. The van der Waals surface area contributed by atoms with Gasteiger partial charge in [0, 0.05) is 17.5 Å². The number of aliphatic hydroxyl groups excluding tert-OH is 1. The number of nitrogens with one attached hydrogen (secondary N) is 1. The van der Waals surface area contributed by atoms with E-state index in [4.69, 9.17) is 4.74 Å². The van der Waals surface area contributed by atoms with Crippen molar-refractivity contribution in [2.45, 2.75) is 51.7 Å². The summed E-state index contributed by atoms with van der Waals surface area (Å²) in [6, 6.07) is 7.63. The molecule has 1 saturated carbocycles. The number of pyridine rings is 1. The van der Waals surface area contributed by atoms with Crippen LogP contribution in [0.1, 0.15) is 39.5 Å². The van der Waals surface area contributed by atoms with Gasteiger partial charge in [-0.2, -0.15) is 0 Å². The molecular formula is C19H24N2O3. The molecule has 1 amide bonds. The van der Waals surface area contributed by atoms with E-state index in [1.54, 1.807) is 6.20 Å². The fourth-order valence-electron chi connectivity index (χ4n) is 2.71. The molecule has 128 valence electrons. The molecule has 0 bridgehead atoms. The second-order valence-corrected chi connectivity index (χ2v) is 6.38. The molecule has 1 fully saturated rings. The van der Waals surface area contributed by atoms with Gasteiger partial charge in [-0.1, -0.05) is 19.9 Å². The van der Waals surface area contributed by atoms with Crippen LogP contribution >= 0.6 is 0 Å². The number of aliphatic hydroxyl groups is 1. The molecule has 0 spiro atoms. The minimum absolute atomic E-state index is 0.0566. The molecule has 1 aromatic carbocycles. The molecule has 24 heavy (non-hydrogen) atoms. The van der Waals surface area contributed by atoms with E-state index in [9.17, 15) is 9.90 Å². The number of anilines is 1. The largest absolute Gasteiger partial charge is 0.488 e. The van der Waals surface area contributed by atoms with Crippen molar-refractivity contribution in [2.24, 2.45) is 5.92 Å². The maximum Gasteiger partial charge on any atom is 0.228 e. The van der Waals surface area contributed by atoms with Crippen LogP contribution in [0, 0.1) is 5.92 Å². The van der Waals surface area contributed by atoms with E-state index in [1.165, 1.54) is 0 Å². The fraction of sp³-hybridized carbons (Fsp3) is 0.474. The van der Waals surface area contributed by atoms with Gasteiger partial charge in [-0.25, -0.2) is 4.98 Å². The third-order valence-electron chi connectivity index (χ3n) is 4.43. The van der Waals surface area contributed by atoms with Gasteiger partial charge in [0.1, 0.15) is 17.7 Å². The van der Waals surface area contributed by atoms with Crippen molar-refractivity contribution in [3.05, 3.63) is 30.5 Å². The number of rotatable bonds is 7. The minimum atomic E-state index is -0.469. The zero-order valence-electron chi connectivity index (χ0n) is 14.2. The molecule has 3 rings (SSSR count). The van der Waals surface area contributed by atoms with Crippen LogP contribution in [-0.2, 0) is 4.79 Å². The highest BCUT2D eigenvalue weighted by Gasteiger charge is 2.29. The average Bonchev–Trinajstić information content (AvgIpc) is 3.44. The first-order valence-electron chi connectivity index (χ1n) is 8.66. The van der Waals surface area contributed by atoms with Crippen molar-refractivity contribution in [1.82, 2.24) is 4.98 Å². The summed E-state index contributed by atoms with van der Waals surface area (Å²) < 4.78 is 5.91. The lowest BCUT2D eigenvalue weighted by Crippen LogP contribution is -2.30. The number of fused-ring (bicyclic) bond motifs is 1. The average molecular weight is 328 g/mol. The third-order valence-corrected chi connectivity index (χ3v) is 4.43. The molecule has 1 aliphatic carbocycles. The predicted octanol–water partition coefficient (Wildman–Crippen LogP) is 3.51. The summed E-state index contributed by atoms with van der Waals surface area (Å²) in [7, 11) is 0. The number of carbonyl (C=O) groups is 1. The maximum atomic E-state index is 11.8. The topological polar surface area (TPSA) is 71.5 Å². The first-order valence-corrected chi connectivity index (χ1v) is 8.66. The van der Waals surface area contributed by atoms with E-state index >= 15 is 0 Å². The van der Waals surface area contributed by atoms with Crippen molar-refractivity contribution in [3.8, 4) is 5.75 Å². The number of aromatic nitrogens is 1. The first kappa shape index (κ1) is 16.7. The third kappa shape index (κ3) is 3.85. The highest BCUT2D eigenvalue weighted by molar-refractivity contribution is 5.95. The number of hydrogen-bond acceptors (Lipinski definition) is 4. The van der Waals surface area contributed by atoms with Crippen LogP contribution in [0.25, 0.3) is 10.8 Å². The smallest absolute Gasteiger partial charge is 0.228 e. The zero-order valence-corrected chi connectivity index (χ0v) is 14.2. The number of hydrogen-bond donors (Lipinski definition) is 2. The lowest BCUT2D eigenvalue weighted by atomic mass is 10.1. The number of ether oxygens (including phenoxy) is 1. The van der Waals surface area contributed by atoms with Gasteiger partial charge in [0.05, 0.1) is 6.10 Å². The van der Waals surface area contributed by atoms with Crippen molar-refractivity contribution in [3.63, 3.8) is 0 Å². The molecule has 2 unspecified atom stereocenters. The molecule has 1 heterocycles. The Morgan fingerprint density at radius 2 is 2.08 bits per heavy atom. The van der Waals surface area contributed by atoms with Crippen molar-refractivity contribution < 1.29 is 14.6 Å². The van der Waals surface area contributed by atoms with Crippen LogP contribution in [0.4, 0.5) is 5.82 Å². The van der Waals surface area contributed by atoms with E-state index in [1.807, 2.05) is 38.1 Å². The van der Waals surface area contributed by atoms with Crippen LogP contribution in [0.15, 0.2) is 30.5 Å². The lowest BCUT2D eigenvalue weighted by Gasteiger charge is -2.22. The predicted molar refractivity (Wildman–Crippen MR) is 94.1 cm³/mol. The van der Waals surface area contributed by atoms with Crippen molar-refractivity contribution in [1.29, 1.82) is 0 Å². The number of benzene rings is 1. The lowest BCUT2D eigenvalue weighted by molar-refractivity contribution is -0.117.